The van der Waals surface area contributed by atoms with Crippen LogP contribution in [0.2, 0.25) is 0 Å². The number of rotatable bonds is 46. The fraction of sp³-hybridized carbons (Fsp3) is 0.773. The van der Waals surface area contributed by atoms with Gasteiger partial charge in [-0.2, -0.15) is 0 Å². The van der Waals surface area contributed by atoms with E-state index in [2.05, 4.69) is 16.0 Å². The van der Waals surface area contributed by atoms with Crippen molar-refractivity contribution in [1.82, 2.24) is 16.0 Å². The smallest absolute Gasteiger partial charge is 0.326 e. The van der Waals surface area contributed by atoms with E-state index < -0.39 is 72.3 Å². The Hall–Kier alpha value is -4.86. The van der Waals surface area contributed by atoms with Gasteiger partial charge in [0.2, 0.25) is 17.7 Å². The van der Waals surface area contributed by atoms with Crippen molar-refractivity contribution in [1.29, 1.82) is 0 Å². The van der Waals surface area contributed by atoms with Gasteiger partial charge in [0.05, 0.1) is 39.0 Å². The molecular weight excluding hydrogens is 858 g/mol. The number of Topliss-reactive ketones (excluding diaryl/α,β-unsaturated/α-hetero) is 3. The molecule has 0 fully saturated rings. The maximum atomic E-state index is 12.7. The lowest BCUT2D eigenvalue weighted by Gasteiger charge is -2.17. The quantitative estimate of drug-likeness (QED) is 0.0431. The summed E-state index contributed by atoms with van der Waals surface area (Å²) in [6, 6.07) is -2.76. The van der Waals surface area contributed by atoms with Crippen LogP contribution in [0, 0.1) is 5.92 Å². The molecule has 0 aliphatic rings. The Kier molecular flexibility index (Phi) is 36.5. The number of carboxylic acids is 4. The second kappa shape index (κ2) is 39.5. The normalized spacial score (nSPS) is 12.4. The van der Waals surface area contributed by atoms with Crippen LogP contribution in [0.15, 0.2) is 0 Å². The topological polar surface area (TPSA) is 325 Å². The second-order valence-electron chi connectivity index (χ2n) is 15.8. The number of hydrogen-bond donors (Lipinski definition) is 7. The number of carbonyl (C=O) groups is 10. The fourth-order valence-corrected chi connectivity index (χ4v) is 6.26. The SMILES string of the molecule is CC(=O)COCCOCCNC(=O)COCCOCCCC(=O)CC[C@H](NC(=O)CC[C@H](CC(=O)CC[C@H](NC(=O)CCCCCCCCCCCCC(=O)O)C(=O)O)C(=O)O)C(=O)O. The molecule has 0 aliphatic carbocycles. The zero-order chi connectivity index (χ0) is 48.7. The van der Waals surface area contributed by atoms with Crippen molar-refractivity contribution < 1.29 is 87.3 Å². The molecule has 0 heterocycles. The maximum Gasteiger partial charge on any atom is 0.326 e. The highest BCUT2D eigenvalue weighted by atomic mass is 16.5. The molecule has 0 aliphatic heterocycles. The van der Waals surface area contributed by atoms with Gasteiger partial charge in [-0.3, -0.25) is 38.4 Å². The van der Waals surface area contributed by atoms with E-state index in [9.17, 15) is 63.3 Å². The predicted octanol–water partition coefficient (Wildman–Crippen LogP) is 3.01. The number of ketones is 3. The molecule has 0 unspecified atom stereocenters. The van der Waals surface area contributed by atoms with Crippen LogP contribution in [0.5, 0.6) is 0 Å². The second-order valence-corrected chi connectivity index (χ2v) is 15.8. The van der Waals surface area contributed by atoms with Gasteiger partial charge in [0.25, 0.3) is 0 Å². The van der Waals surface area contributed by atoms with Crippen LogP contribution in [-0.2, 0) is 66.9 Å². The molecule has 0 spiro atoms. The van der Waals surface area contributed by atoms with Crippen LogP contribution in [-0.4, -0.2) is 151 Å². The third-order valence-electron chi connectivity index (χ3n) is 9.87. The Morgan fingerprint density at radius 1 is 0.431 bits per heavy atom. The highest BCUT2D eigenvalue weighted by Crippen LogP contribution is 2.16. The van der Waals surface area contributed by atoms with Crippen LogP contribution in [0.4, 0.5) is 0 Å². The number of carboxylic acid groups (broad SMARTS) is 4. The summed E-state index contributed by atoms with van der Waals surface area (Å²) in [5.74, 6) is -8.70. The first-order valence-electron chi connectivity index (χ1n) is 22.6. The van der Waals surface area contributed by atoms with Gasteiger partial charge >= 0.3 is 23.9 Å². The van der Waals surface area contributed by atoms with Gasteiger partial charge in [0, 0.05) is 58.1 Å². The Bertz CT molecular complexity index is 1460. The van der Waals surface area contributed by atoms with E-state index in [1.54, 1.807) is 0 Å². The summed E-state index contributed by atoms with van der Waals surface area (Å²) < 4.78 is 20.9. The van der Waals surface area contributed by atoms with Crippen molar-refractivity contribution in [2.24, 2.45) is 5.92 Å². The van der Waals surface area contributed by atoms with E-state index in [0.29, 0.717) is 19.3 Å². The standard InChI is InChI=1S/C44H73N3O18/c1-32(48)30-64-27-26-63-24-22-45-40(53)31-65-28-25-62-23-12-13-34(49)17-19-36(43(58)59)47-39(52)21-16-33(42(56)57)29-35(50)18-20-37(44(60)61)46-38(51)14-10-8-6-4-2-3-5-7-9-11-15-41(54)55/h33,36-37H,2-31H2,1H3,(H,45,53)(H,46,51)(H,47,52)(H,54,55)(H,56,57)(H,58,59)(H,60,61)/t33-,36+,37+/m1/s1. The van der Waals surface area contributed by atoms with E-state index in [1.165, 1.54) is 6.92 Å². The van der Waals surface area contributed by atoms with Gasteiger partial charge in [0.1, 0.15) is 36.9 Å². The molecule has 21 heteroatoms. The lowest BCUT2D eigenvalue weighted by Crippen LogP contribution is -2.41. The summed E-state index contributed by atoms with van der Waals surface area (Å²) in [6.07, 6.45) is 7.58. The molecule has 21 nitrogen and oxygen atoms in total. The largest absolute Gasteiger partial charge is 0.481 e. The summed E-state index contributed by atoms with van der Waals surface area (Å²) in [5.41, 5.74) is 0. The molecular formula is C44H73N3O18. The molecule has 3 amide bonds. The molecule has 372 valence electrons. The van der Waals surface area contributed by atoms with Crippen LogP contribution in [0.25, 0.3) is 0 Å². The van der Waals surface area contributed by atoms with Gasteiger partial charge in [-0.1, -0.05) is 51.4 Å². The average Bonchev–Trinajstić information content (AvgIpc) is 3.24. The number of ether oxygens (including phenoxy) is 4. The molecule has 0 aromatic rings. The van der Waals surface area contributed by atoms with E-state index in [1.807, 2.05) is 0 Å². The lowest BCUT2D eigenvalue weighted by molar-refractivity contribution is -0.145. The van der Waals surface area contributed by atoms with E-state index in [0.717, 1.165) is 51.4 Å². The van der Waals surface area contributed by atoms with Crippen molar-refractivity contribution in [3.05, 3.63) is 0 Å². The summed E-state index contributed by atoms with van der Waals surface area (Å²) in [4.78, 5) is 118. The summed E-state index contributed by atoms with van der Waals surface area (Å²) >= 11 is 0. The monoisotopic (exact) mass is 931 g/mol. The highest BCUT2D eigenvalue weighted by molar-refractivity contribution is 5.87. The Morgan fingerprint density at radius 3 is 1.43 bits per heavy atom. The summed E-state index contributed by atoms with van der Waals surface area (Å²) in [6.45, 7) is 2.88. The van der Waals surface area contributed by atoms with Gasteiger partial charge in [-0.15, -0.1) is 0 Å². The first-order chi connectivity index (χ1) is 31.0. The van der Waals surface area contributed by atoms with Crippen molar-refractivity contribution >= 4 is 58.9 Å². The third kappa shape index (κ3) is 38.2. The van der Waals surface area contributed by atoms with Crippen LogP contribution >= 0.6 is 0 Å². The minimum absolute atomic E-state index is 0.0265. The van der Waals surface area contributed by atoms with E-state index in [-0.39, 0.29) is 128 Å². The molecule has 0 aromatic carbocycles. The first kappa shape index (κ1) is 60.1. The summed E-state index contributed by atoms with van der Waals surface area (Å²) in [7, 11) is 0. The number of carbonyl (C=O) groups excluding carboxylic acids is 6. The van der Waals surface area contributed by atoms with Crippen molar-refractivity contribution in [2.45, 2.75) is 154 Å². The highest BCUT2D eigenvalue weighted by Gasteiger charge is 2.27. The number of hydrogen-bond acceptors (Lipinski definition) is 14. The average molecular weight is 932 g/mol. The van der Waals surface area contributed by atoms with Crippen molar-refractivity contribution in [3.8, 4) is 0 Å². The molecule has 0 bridgehead atoms. The first-order valence-corrected chi connectivity index (χ1v) is 22.6. The van der Waals surface area contributed by atoms with Gasteiger partial charge in [-0.05, 0) is 45.4 Å². The third-order valence-corrected chi connectivity index (χ3v) is 9.87. The molecule has 0 saturated carbocycles. The number of amides is 3. The van der Waals surface area contributed by atoms with Crippen molar-refractivity contribution in [3.63, 3.8) is 0 Å². The maximum absolute atomic E-state index is 12.7. The molecule has 0 saturated heterocycles. The number of unbranched alkanes of at least 4 members (excludes halogenated alkanes) is 9. The summed E-state index contributed by atoms with van der Waals surface area (Å²) in [5, 5.41) is 44.8. The van der Waals surface area contributed by atoms with Crippen LogP contribution < -0.4 is 16.0 Å². The zero-order valence-electron chi connectivity index (χ0n) is 37.9. The van der Waals surface area contributed by atoms with Gasteiger partial charge in [0.15, 0.2) is 5.78 Å². The van der Waals surface area contributed by atoms with Crippen LogP contribution in [0.1, 0.15) is 142 Å². The van der Waals surface area contributed by atoms with Gasteiger partial charge in [-0.25, -0.2) is 9.59 Å². The minimum atomic E-state index is -1.42. The lowest BCUT2D eigenvalue weighted by atomic mass is 9.94. The van der Waals surface area contributed by atoms with Gasteiger partial charge < -0.3 is 55.3 Å². The fourth-order valence-electron chi connectivity index (χ4n) is 6.26. The molecule has 3 atom stereocenters. The molecule has 0 radical (unpaired) electrons. The number of aliphatic carboxylic acids is 4. The molecule has 0 rings (SSSR count). The Labute approximate surface area is 380 Å². The van der Waals surface area contributed by atoms with Crippen LogP contribution in [0.3, 0.4) is 0 Å². The zero-order valence-corrected chi connectivity index (χ0v) is 37.9. The number of nitrogens with one attached hydrogen (secondary N) is 3. The van der Waals surface area contributed by atoms with E-state index in [4.69, 9.17) is 24.1 Å². The van der Waals surface area contributed by atoms with E-state index >= 15 is 0 Å². The Morgan fingerprint density at radius 2 is 0.908 bits per heavy atom. The Balaban J connectivity index is 4.30. The minimum Gasteiger partial charge on any atom is -0.481 e. The predicted molar refractivity (Wildman–Crippen MR) is 232 cm³/mol. The molecule has 7 N–H and O–H groups in total. The molecule has 0 aromatic heterocycles. The molecule has 65 heavy (non-hydrogen) atoms. The van der Waals surface area contributed by atoms with Crippen molar-refractivity contribution in [2.75, 3.05) is 59.4 Å².